The lowest BCUT2D eigenvalue weighted by Crippen LogP contribution is -2.46. The second kappa shape index (κ2) is 24.0. The molecule has 7 nitrogen and oxygen atoms in total. The number of nitrogens with zero attached hydrogens (tertiary/aromatic N) is 2. The first kappa shape index (κ1) is 45.7. The van der Waals surface area contributed by atoms with Gasteiger partial charge < -0.3 is 19.8 Å². The molecule has 4 aromatic carbocycles. The van der Waals surface area contributed by atoms with Crippen LogP contribution in [0.4, 0.5) is 9.59 Å². The van der Waals surface area contributed by atoms with Crippen molar-refractivity contribution in [1.29, 1.82) is 0 Å². The van der Waals surface area contributed by atoms with E-state index in [1.165, 1.54) is 169 Å². The van der Waals surface area contributed by atoms with E-state index in [1.807, 2.05) is 0 Å². The normalized spacial score (nSPS) is 11.7. The van der Waals surface area contributed by atoms with E-state index >= 15 is 0 Å². The molecule has 328 valence electrons. The van der Waals surface area contributed by atoms with E-state index in [2.05, 4.69) is 126 Å². The molecule has 2 aromatic heterocycles. The zero-order valence-corrected chi connectivity index (χ0v) is 38.1. The molecule has 61 heavy (non-hydrogen) atoms. The van der Waals surface area contributed by atoms with Crippen LogP contribution in [0.2, 0.25) is 0 Å². The second-order valence-corrected chi connectivity index (χ2v) is 17.6. The molecule has 6 aromatic rings. The fourth-order valence-corrected chi connectivity index (χ4v) is 9.28. The third kappa shape index (κ3) is 12.6. The highest BCUT2D eigenvalue weighted by Crippen LogP contribution is 2.33. The monoisotopic (exact) mass is 826 g/mol. The number of aromatic nitrogens is 2. The topological polar surface area (TPSA) is 80.1 Å². The third-order valence-electron chi connectivity index (χ3n) is 12.7. The van der Waals surface area contributed by atoms with Crippen molar-refractivity contribution >= 4 is 55.7 Å². The molecule has 3 N–H and O–H groups in total. The highest BCUT2D eigenvalue weighted by Gasteiger charge is 2.16. The van der Waals surface area contributed by atoms with Crippen LogP contribution in [-0.2, 0) is 38.8 Å². The number of rotatable bonds is 26. The summed E-state index contributed by atoms with van der Waals surface area (Å²) in [6, 6.07) is 26.7. The van der Waals surface area contributed by atoms with Gasteiger partial charge in [-0.1, -0.05) is 129 Å². The summed E-state index contributed by atoms with van der Waals surface area (Å²) in [5.74, 6) is 0. The van der Waals surface area contributed by atoms with Crippen LogP contribution in [0.3, 0.4) is 0 Å². The summed E-state index contributed by atoms with van der Waals surface area (Å²) in [6.45, 7) is 11.1. The third-order valence-corrected chi connectivity index (χ3v) is 12.7. The molecule has 0 atom stereocenters. The molecule has 0 aliphatic carbocycles. The van der Waals surface area contributed by atoms with Gasteiger partial charge in [0.1, 0.15) is 0 Å². The molecule has 0 fully saturated rings. The van der Waals surface area contributed by atoms with Gasteiger partial charge in [-0.2, -0.15) is 0 Å². The quantitative estimate of drug-likeness (QED) is 0.0476. The number of aryl methyl sites for hydroxylation is 4. The Balaban J connectivity index is 1.07. The van der Waals surface area contributed by atoms with Gasteiger partial charge in [0.2, 0.25) is 0 Å². The molecule has 0 radical (unpaired) electrons. The van der Waals surface area contributed by atoms with E-state index in [0.29, 0.717) is 26.2 Å². The summed E-state index contributed by atoms with van der Waals surface area (Å²) in [4.78, 5) is 26.0. The van der Waals surface area contributed by atoms with Crippen molar-refractivity contribution in [2.75, 3.05) is 13.1 Å². The Morgan fingerprint density at radius 1 is 0.393 bits per heavy atom. The van der Waals surface area contributed by atoms with Crippen LogP contribution in [0.15, 0.2) is 72.8 Å². The van der Waals surface area contributed by atoms with Gasteiger partial charge in [-0.25, -0.2) is 9.59 Å². The average Bonchev–Trinajstić information content (AvgIpc) is 3.74. The van der Waals surface area contributed by atoms with Gasteiger partial charge in [0.05, 0.1) is 0 Å². The molecule has 0 bridgehead atoms. The number of unbranched alkanes of at least 4 members (excludes halogenated alkanes) is 12. The molecule has 4 amide bonds. The number of hydrogen-bond donors (Lipinski definition) is 3. The standard InChI is InChI=1S/C54H75N5O2/c1-5-9-13-17-21-41-25-29-49-45(37-41)46-38-42(22-18-14-10-6-2)26-30-50(46)58(49)35-33-55-53(60)57-54(61)56-34-36-59-51-31-27-43(23-19-15-11-7-3)39-47(51)48-40-44(28-32-52(48)59)24-20-16-12-8-4/h25-32,37-40H,5-24,33-36H2,1-4H3,(H3,55,56,57,60,61). The number of urea groups is 2. The fraction of sp³-hybridized carbons (Fsp3) is 0.519. The summed E-state index contributed by atoms with van der Waals surface area (Å²) in [7, 11) is 0. The summed E-state index contributed by atoms with van der Waals surface area (Å²) >= 11 is 0. The van der Waals surface area contributed by atoms with E-state index in [9.17, 15) is 9.59 Å². The number of imide groups is 1. The van der Waals surface area contributed by atoms with Gasteiger partial charge in [-0.05, 0) is 122 Å². The van der Waals surface area contributed by atoms with Crippen molar-refractivity contribution in [2.45, 2.75) is 169 Å². The largest absolute Gasteiger partial charge is 0.339 e. The first-order valence-corrected chi connectivity index (χ1v) is 24.3. The molecule has 0 saturated heterocycles. The second-order valence-electron chi connectivity index (χ2n) is 17.6. The summed E-state index contributed by atoms with van der Waals surface area (Å²) in [6.07, 6.45) is 24.5. The van der Waals surface area contributed by atoms with Crippen molar-refractivity contribution in [2.24, 2.45) is 0 Å². The van der Waals surface area contributed by atoms with E-state index in [0.717, 1.165) is 25.7 Å². The molecule has 0 spiro atoms. The Kier molecular flexibility index (Phi) is 18.0. The van der Waals surface area contributed by atoms with Crippen molar-refractivity contribution in [3.63, 3.8) is 0 Å². The lowest BCUT2D eigenvalue weighted by molar-refractivity contribution is 0.227. The van der Waals surface area contributed by atoms with Crippen LogP contribution in [0.1, 0.15) is 153 Å². The van der Waals surface area contributed by atoms with Gasteiger partial charge in [0.15, 0.2) is 0 Å². The minimum atomic E-state index is -0.489. The first-order chi connectivity index (χ1) is 29.9. The van der Waals surface area contributed by atoms with Crippen LogP contribution in [0.5, 0.6) is 0 Å². The Morgan fingerprint density at radius 3 is 0.934 bits per heavy atom. The van der Waals surface area contributed by atoms with Crippen LogP contribution in [-0.4, -0.2) is 34.3 Å². The number of amides is 4. The molecule has 2 heterocycles. The van der Waals surface area contributed by atoms with E-state index < -0.39 is 12.1 Å². The zero-order valence-electron chi connectivity index (χ0n) is 38.1. The number of nitrogens with one attached hydrogen (secondary N) is 3. The van der Waals surface area contributed by atoms with E-state index in [4.69, 9.17) is 0 Å². The van der Waals surface area contributed by atoms with E-state index in [1.54, 1.807) is 0 Å². The Labute approximate surface area is 366 Å². The van der Waals surface area contributed by atoms with Gasteiger partial charge in [-0.3, -0.25) is 5.32 Å². The van der Waals surface area contributed by atoms with Crippen LogP contribution in [0, 0.1) is 0 Å². The molecule has 0 aliphatic heterocycles. The summed E-state index contributed by atoms with van der Waals surface area (Å²) < 4.78 is 4.65. The van der Waals surface area contributed by atoms with Gasteiger partial charge in [-0.15, -0.1) is 0 Å². The number of carbonyl (C=O) groups excluding carboxylic acids is 2. The zero-order chi connectivity index (χ0) is 42.8. The molecule has 6 rings (SSSR count). The van der Waals surface area contributed by atoms with Crippen LogP contribution >= 0.6 is 0 Å². The van der Waals surface area contributed by atoms with Crippen molar-refractivity contribution < 1.29 is 9.59 Å². The Morgan fingerprint density at radius 2 is 0.672 bits per heavy atom. The Hall–Kier alpha value is -4.78. The van der Waals surface area contributed by atoms with Gasteiger partial charge >= 0.3 is 12.1 Å². The maximum atomic E-state index is 13.0. The molecular formula is C54H75N5O2. The Bertz CT molecular complexity index is 2020. The molecule has 0 aliphatic rings. The summed E-state index contributed by atoms with van der Waals surface area (Å²) in [5, 5.41) is 13.6. The van der Waals surface area contributed by atoms with Crippen LogP contribution < -0.4 is 16.0 Å². The van der Waals surface area contributed by atoms with Crippen LogP contribution in [0.25, 0.3) is 43.6 Å². The fourth-order valence-electron chi connectivity index (χ4n) is 9.28. The van der Waals surface area contributed by atoms with Gasteiger partial charge in [0, 0.05) is 69.8 Å². The number of fused-ring (bicyclic) bond motifs is 6. The SMILES string of the molecule is CCCCCCc1ccc2c(c1)c1cc(CCCCCC)ccc1n2CCNC(=O)NC(=O)NCCn1c2ccc(CCCCCC)cc2c2cc(CCCCCC)ccc21. The molecular weight excluding hydrogens is 751 g/mol. The minimum Gasteiger partial charge on any atom is -0.339 e. The number of benzene rings is 4. The lowest BCUT2D eigenvalue weighted by atomic mass is 10.0. The smallest absolute Gasteiger partial charge is 0.322 e. The molecule has 7 heteroatoms. The maximum Gasteiger partial charge on any atom is 0.322 e. The predicted octanol–water partition coefficient (Wildman–Crippen LogP) is 14.1. The lowest BCUT2D eigenvalue weighted by Gasteiger charge is -2.12. The average molecular weight is 826 g/mol. The number of carbonyl (C=O) groups is 2. The highest BCUT2D eigenvalue weighted by atomic mass is 16.2. The predicted molar refractivity (Wildman–Crippen MR) is 260 cm³/mol. The van der Waals surface area contributed by atoms with Crippen molar-refractivity contribution in [3.8, 4) is 0 Å². The van der Waals surface area contributed by atoms with Crippen molar-refractivity contribution in [3.05, 3.63) is 95.1 Å². The number of hydrogen-bond acceptors (Lipinski definition) is 2. The molecule has 0 unspecified atom stereocenters. The highest BCUT2D eigenvalue weighted by molar-refractivity contribution is 6.09. The minimum absolute atomic E-state index is 0.401. The van der Waals surface area contributed by atoms with E-state index in [-0.39, 0.29) is 0 Å². The summed E-state index contributed by atoms with van der Waals surface area (Å²) in [5.41, 5.74) is 10.3. The first-order valence-electron chi connectivity index (χ1n) is 24.3. The van der Waals surface area contributed by atoms with Gasteiger partial charge in [0.25, 0.3) is 0 Å². The molecule has 0 saturated carbocycles. The van der Waals surface area contributed by atoms with Crippen molar-refractivity contribution in [1.82, 2.24) is 25.1 Å². The maximum absolute atomic E-state index is 13.0.